The van der Waals surface area contributed by atoms with Crippen LogP contribution in [-0.2, 0) is 11.3 Å². The minimum atomic E-state index is -0.0657. The monoisotopic (exact) mass is 481 g/mol. The first-order valence-corrected chi connectivity index (χ1v) is 12.1. The number of carbonyl (C=O) groups is 1. The van der Waals surface area contributed by atoms with Crippen molar-refractivity contribution < 1.29 is 9.53 Å². The molecule has 1 saturated heterocycles. The number of halogens is 1. The smallest absolute Gasteiger partial charge is 0.225 e. The Balaban J connectivity index is 1.24. The summed E-state index contributed by atoms with van der Waals surface area (Å²) in [4.78, 5) is 20.6. The van der Waals surface area contributed by atoms with E-state index in [2.05, 4.69) is 10.2 Å². The molecular formula is C24H24ClN5O2S. The van der Waals surface area contributed by atoms with Crippen molar-refractivity contribution in [1.82, 2.24) is 19.9 Å². The van der Waals surface area contributed by atoms with Gasteiger partial charge in [-0.1, -0.05) is 35.1 Å². The van der Waals surface area contributed by atoms with Crippen LogP contribution in [0, 0.1) is 5.92 Å². The van der Waals surface area contributed by atoms with Gasteiger partial charge >= 0.3 is 0 Å². The van der Waals surface area contributed by atoms with Crippen molar-refractivity contribution >= 4 is 38.9 Å². The van der Waals surface area contributed by atoms with Gasteiger partial charge in [0.05, 0.1) is 24.9 Å². The summed E-state index contributed by atoms with van der Waals surface area (Å²) >= 11 is 7.59. The maximum absolute atomic E-state index is 12.8. The maximum atomic E-state index is 12.8. The highest BCUT2D eigenvalue weighted by atomic mass is 35.5. The Hall–Kier alpha value is -3.10. The number of nitrogens with zero attached hydrogens (tertiary/aromatic N) is 4. The van der Waals surface area contributed by atoms with Crippen LogP contribution in [0.3, 0.4) is 0 Å². The molecule has 7 nitrogen and oxygen atoms in total. The number of anilines is 1. The lowest BCUT2D eigenvalue weighted by Gasteiger charge is -2.31. The molecule has 0 unspecified atom stereocenters. The molecule has 33 heavy (non-hydrogen) atoms. The minimum absolute atomic E-state index is 0.0657. The fourth-order valence-electron chi connectivity index (χ4n) is 4.06. The first kappa shape index (κ1) is 21.7. The molecule has 1 fully saturated rings. The van der Waals surface area contributed by atoms with Gasteiger partial charge in [-0.2, -0.15) is 0 Å². The van der Waals surface area contributed by atoms with Gasteiger partial charge in [-0.3, -0.25) is 4.79 Å². The van der Waals surface area contributed by atoms with Crippen LogP contribution in [-0.4, -0.2) is 40.7 Å². The van der Waals surface area contributed by atoms with E-state index in [1.165, 1.54) is 0 Å². The molecule has 1 aliphatic heterocycles. The minimum Gasteiger partial charge on any atom is -0.497 e. The number of methoxy groups -OCH3 is 1. The predicted octanol–water partition coefficient (Wildman–Crippen LogP) is 4.65. The van der Waals surface area contributed by atoms with Crippen molar-refractivity contribution in [2.75, 3.05) is 25.1 Å². The summed E-state index contributed by atoms with van der Waals surface area (Å²) in [5.74, 6) is 0.822. The third-order valence-electron chi connectivity index (χ3n) is 5.84. The highest BCUT2D eigenvalue weighted by Crippen LogP contribution is 2.30. The Kier molecular flexibility index (Phi) is 6.20. The first-order valence-electron chi connectivity index (χ1n) is 10.9. The van der Waals surface area contributed by atoms with E-state index in [-0.39, 0.29) is 11.8 Å². The highest BCUT2D eigenvalue weighted by molar-refractivity contribution is 7.20. The van der Waals surface area contributed by atoms with Gasteiger partial charge in [-0.25, -0.2) is 9.50 Å². The molecule has 1 amide bonds. The fraction of sp³-hybridized carbons (Fsp3) is 0.292. The predicted molar refractivity (Wildman–Crippen MR) is 131 cm³/mol. The van der Waals surface area contributed by atoms with E-state index in [0.29, 0.717) is 18.1 Å². The zero-order chi connectivity index (χ0) is 22.8. The Labute approximate surface area is 201 Å². The number of hydrogen-bond donors (Lipinski definition) is 1. The average molecular weight is 482 g/mol. The Morgan fingerprint density at radius 3 is 2.88 bits per heavy atom. The third kappa shape index (κ3) is 4.82. The van der Waals surface area contributed by atoms with Gasteiger partial charge in [0.2, 0.25) is 16.0 Å². The number of rotatable bonds is 6. The van der Waals surface area contributed by atoms with E-state index in [1.807, 2.05) is 59.2 Å². The second-order valence-electron chi connectivity index (χ2n) is 8.10. The number of fused-ring (bicyclic) bond motifs is 1. The van der Waals surface area contributed by atoms with Crippen LogP contribution < -0.4 is 15.0 Å². The Bertz CT molecular complexity index is 1240. The molecule has 5 rings (SSSR count). The summed E-state index contributed by atoms with van der Waals surface area (Å²) in [6.07, 6.45) is 3.77. The van der Waals surface area contributed by atoms with E-state index in [9.17, 15) is 4.79 Å². The summed E-state index contributed by atoms with van der Waals surface area (Å²) in [6.45, 7) is 2.03. The van der Waals surface area contributed by atoms with E-state index in [4.69, 9.17) is 26.4 Å². The number of ether oxygens (including phenoxy) is 1. The van der Waals surface area contributed by atoms with Crippen molar-refractivity contribution in [1.29, 1.82) is 0 Å². The van der Waals surface area contributed by atoms with Crippen molar-refractivity contribution in [2.45, 2.75) is 19.4 Å². The van der Waals surface area contributed by atoms with Crippen LogP contribution in [0.25, 0.3) is 16.2 Å². The van der Waals surface area contributed by atoms with Crippen molar-refractivity contribution in [3.8, 4) is 17.0 Å². The summed E-state index contributed by atoms with van der Waals surface area (Å²) in [5, 5.41) is 9.37. The summed E-state index contributed by atoms with van der Waals surface area (Å²) in [7, 11) is 1.65. The first-order chi connectivity index (χ1) is 16.1. The molecule has 4 aromatic rings. The van der Waals surface area contributed by atoms with Crippen molar-refractivity contribution in [3.05, 3.63) is 65.3 Å². The third-order valence-corrected chi connectivity index (χ3v) is 7.06. The Morgan fingerprint density at radius 1 is 1.27 bits per heavy atom. The SMILES string of the molecule is COc1ccc(-c2cn3nc(N4CCC[C@@H](C(=O)NCc5cccc(Cl)c5)C4)sc3n2)cc1. The Morgan fingerprint density at radius 2 is 2.12 bits per heavy atom. The molecule has 1 aliphatic rings. The highest BCUT2D eigenvalue weighted by Gasteiger charge is 2.28. The van der Waals surface area contributed by atoms with Crippen LogP contribution in [0.2, 0.25) is 5.02 Å². The van der Waals surface area contributed by atoms with Crippen LogP contribution in [0.15, 0.2) is 54.7 Å². The molecule has 0 aliphatic carbocycles. The molecule has 2 aromatic carbocycles. The van der Waals surface area contributed by atoms with Gasteiger partial charge in [0.15, 0.2) is 0 Å². The zero-order valence-corrected chi connectivity index (χ0v) is 19.8. The molecule has 0 spiro atoms. The summed E-state index contributed by atoms with van der Waals surface area (Å²) in [5.41, 5.74) is 2.89. The summed E-state index contributed by atoms with van der Waals surface area (Å²) in [6, 6.07) is 15.4. The molecule has 2 aromatic heterocycles. The lowest BCUT2D eigenvalue weighted by atomic mass is 9.97. The number of carbonyl (C=O) groups excluding carboxylic acids is 1. The fourth-order valence-corrected chi connectivity index (χ4v) is 5.19. The van der Waals surface area contributed by atoms with Gasteiger partial charge in [0.1, 0.15) is 5.75 Å². The van der Waals surface area contributed by atoms with Crippen molar-refractivity contribution in [2.24, 2.45) is 5.92 Å². The lowest BCUT2D eigenvalue weighted by molar-refractivity contribution is -0.125. The van der Waals surface area contributed by atoms with Gasteiger partial charge < -0.3 is 15.0 Å². The van der Waals surface area contributed by atoms with Gasteiger partial charge in [0.25, 0.3) is 0 Å². The molecule has 3 heterocycles. The second-order valence-corrected chi connectivity index (χ2v) is 9.47. The molecule has 0 bridgehead atoms. The molecule has 0 saturated carbocycles. The number of amides is 1. The molecule has 1 atom stereocenters. The molecular weight excluding hydrogens is 458 g/mol. The quantitative estimate of drug-likeness (QED) is 0.434. The maximum Gasteiger partial charge on any atom is 0.225 e. The number of imidazole rings is 1. The van der Waals surface area contributed by atoms with E-state index in [0.717, 1.165) is 52.0 Å². The normalized spacial score (nSPS) is 16.2. The lowest BCUT2D eigenvalue weighted by Crippen LogP contribution is -2.43. The van der Waals surface area contributed by atoms with Gasteiger partial charge in [-0.15, -0.1) is 5.10 Å². The van der Waals surface area contributed by atoms with Gasteiger partial charge in [0, 0.05) is 30.2 Å². The van der Waals surface area contributed by atoms with Crippen LogP contribution in [0.1, 0.15) is 18.4 Å². The standard InChI is InChI=1S/C24H24ClN5O2S/c1-32-20-9-7-17(8-10-20)21-15-30-23(27-21)33-24(28-30)29-11-3-5-18(14-29)22(31)26-13-16-4-2-6-19(25)12-16/h2,4,6-10,12,15,18H,3,5,11,13-14H2,1H3,(H,26,31)/t18-/m1/s1. The zero-order valence-electron chi connectivity index (χ0n) is 18.2. The number of benzene rings is 2. The number of nitrogens with one attached hydrogen (secondary N) is 1. The van der Waals surface area contributed by atoms with E-state index in [1.54, 1.807) is 18.4 Å². The van der Waals surface area contributed by atoms with E-state index >= 15 is 0 Å². The average Bonchev–Trinajstić information content (AvgIpc) is 3.42. The topological polar surface area (TPSA) is 71.8 Å². The van der Waals surface area contributed by atoms with Crippen LogP contribution >= 0.6 is 22.9 Å². The number of hydrogen-bond acceptors (Lipinski definition) is 6. The largest absolute Gasteiger partial charge is 0.497 e. The second kappa shape index (κ2) is 9.41. The molecule has 0 radical (unpaired) electrons. The molecule has 9 heteroatoms. The number of aromatic nitrogens is 3. The molecule has 170 valence electrons. The van der Waals surface area contributed by atoms with Crippen LogP contribution in [0.4, 0.5) is 5.13 Å². The molecule has 1 N–H and O–H groups in total. The number of piperidine rings is 1. The van der Waals surface area contributed by atoms with Crippen LogP contribution in [0.5, 0.6) is 5.75 Å². The van der Waals surface area contributed by atoms with Crippen molar-refractivity contribution in [3.63, 3.8) is 0 Å². The van der Waals surface area contributed by atoms with E-state index < -0.39 is 0 Å². The van der Waals surface area contributed by atoms with Gasteiger partial charge in [-0.05, 0) is 54.8 Å². The summed E-state index contributed by atoms with van der Waals surface area (Å²) < 4.78 is 7.05.